The summed E-state index contributed by atoms with van der Waals surface area (Å²) < 4.78 is 0. The molecule has 2 rings (SSSR count). The van der Waals surface area contributed by atoms with Crippen LogP contribution in [0.5, 0.6) is 0 Å². The number of rotatable bonds is 4. The molecule has 0 spiro atoms. The van der Waals surface area contributed by atoms with Crippen molar-refractivity contribution >= 4 is 17.1 Å². The van der Waals surface area contributed by atoms with E-state index in [4.69, 9.17) is 0 Å². The fourth-order valence-corrected chi connectivity index (χ4v) is 2.45. The molecule has 0 saturated carbocycles. The maximum absolute atomic E-state index is 12.1. The van der Waals surface area contributed by atoms with E-state index in [9.17, 15) is 9.90 Å². The molecule has 3 heteroatoms. The highest BCUT2D eigenvalue weighted by molar-refractivity contribution is 7.10. The molecule has 0 radical (unpaired) electrons. The molecule has 2 aromatic rings. The third-order valence-corrected chi connectivity index (χ3v) is 3.83. The Balaban J connectivity index is 2.16. The van der Waals surface area contributed by atoms with Crippen LogP contribution < -0.4 is 0 Å². The predicted molar refractivity (Wildman–Crippen MR) is 69.0 cm³/mol. The molecular weight excluding hydrogens is 232 g/mol. The molecule has 0 aliphatic rings. The second-order valence-corrected chi connectivity index (χ2v) is 5.08. The number of ketones is 1. The van der Waals surface area contributed by atoms with Crippen LogP contribution in [-0.4, -0.2) is 10.9 Å². The minimum Gasteiger partial charge on any atom is -0.377 e. The van der Waals surface area contributed by atoms with E-state index in [-0.39, 0.29) is 12.2 Å². The Morgan fingerprint density at radius 1 is 1.24 bits per heavy atom. The first-order chi connectivity index (χ1) is 8.10. The van der Waals surface area contributed by atoms with Gasteiger partial charge in [0, 0.05) is 11.3 Å². The van der Waals surface area contributed by atoms with Crippen molar-refractivity contribution in [3.8, 4) is 0 Å². The standard InChI is InChI=1S/C14H14O2S/c1-14(16,13-8-5-9-17-13)12(15)10-11-6-3-2-4-7-11/h2-9,16H,10H2,1H3. The molecular formula is C14H14O2S. The first kappa shape index (κ1) is 12.0. The van der Waals surface area contributed by atoms with Crippen LogP contribution in [0.15, 0.2) is 47.8 Å². The number of benzene rings is 1. The van der Waals surface area contributed by atoms with Crippen LogP contribution in [0.1, 0.15) is 17.4 Å². The smallest absolute Gasteiger partial charge is 0.173 e. The van der Waals surface area contributed by atoms with Gasteiger partial charge in [-0.3, -0.25) is 4.79 Å². The van der Waals surface area contributed by atoms with Crippen LogP contribution in [0, 0.1) is 0 Å². The summed E-state index contributed by atoms with van der Waals surface area (Å²) in [5, 5.41) is 12.1. The van der Waals surface area contributed by atoms with Gasteiger partial charge in [0.15, 0.2) is 11.4 Å². The molecule has 17 heavy (non-hydrogen) atoms. The van der Waals surface area contributed by atoms with Gasteiger partial charge in [0.1, 0.15) is 0 Å². The first-order valence-electron chi connectivity index (χ1n) is 5.44. The zero-order chi connectivity index (χ0) is 12.3. The average Bonchev–Trinajstić information content (AvgIpc) is 2.84. The number of carbonyl (C=O) groups is 1. The van der Waals surface area contributed by atoms with Gasteiger partial charge in [0.25, 0.3) is 0 Å². The van der Waals surface area contributed by atoms with E-state index in [2.05, 4.69) is 0 Å². The van der Waals surface area contributed by atoms with Crippen molar-refractivity contribution < 1.29 is 9.90 Å². The van der Waals surface area contributed by atoms with E-state index in [1.807, 2.05) is 41.8 Å². The van der Waals surface area contributed by atoms with Crippen LogP contribution in [0.25, 0.3) is 0 Å². The molecule has 0 fully saturated rings. The van der Waals surface area contributed by atoms with Gasteiger partial charge in [-0.1, -0.05) is 36.4 Å². The topological polar surface area (TPSA) is 37.3 Å². The molecule has 1 unspecified atom stereocenters. The fourth-order valence-electron chi connectivity index (χ4n) is 1.65. The van der Waals surface area contributed by atoms with Crippen LogP contribution >= 0.6 is 11.3 Å². The van der Waals surface area contributed by atoms with E-state index in [0.29, 0.717) is 4.88 Å². The summed E-state index contributed by atoms with van der Waals surface area (Å²) in [4.78, 5) is 12.8. The summed E-state index contributed by atoms with van der Waals surface area (Å²) in [5.41, 5.74) is -0.460. The maximum Gasteiger partial charge on any atom is 0.173 e. The molecule has 0 aliphatic carbocycles. The van der Waals surface area contributed by atoms with Crippen molar-refractivity contribution in [3.63, 3.8) is 0 Å². The lowest BCUT2D eigenvalue weighted by molar-refractivity contribution is -0.135. The van der Waals surface area contributed by atoms with Gasteiger partial charge in [-0.25, -0.2) is 0 Å². The minimum absolute atomic E-state index is 0.175. The Bertz CT molecular complexity index is 486. The zero-order valence-corrected chi connectivity index (χ0v) is 10.4. The minimum atomic E-state index is -1.38. The van der Waals surface area contributed by atoms with Crippen LogP contribution in [-0.2, 0) is 16.8 Å². The molecule has 88 valence electrons. The highest BCUT2D eigenvalue weighted by atomic mass is 32.1. The highest BCUT2D eigenvalue weighted by Crippen LogP contribution is 2.27. The fraction of sp³-hybridized carbons (Fsp3) is 0.214. The van der Waals surface area contributed by atoms with Crippen LogP contribution in [0.4, 0.5) is 0 Å². The van der Waals surface area contributed by atoms with Crippen molar-refractivity contribution in [1.82, 2.24) is 0 Å². The third-order valence-electron chi connectivity index (χ3n) is 2.75. The summed E-state index contributed by atoms with van der Waals surface area (Å²) in [7, 11) is 0. The number of Topliss-reactive ketones (excluding diaryl/α,β-unsaturated/α-hetero) is 1. The largest absolute Gasteiger partial charge is 0.377 e. The number of carbonyl (C=O) groups excluding carboxylic acids is 1. The molecule has 0 bridgehead atoms. The lowest BCUT2D eigenvalue weighted by Crippen LogP contribution is -2.32. The van der Waals surface area contributed by atoms with E-state index in [0.717, 1.165) is 5.56 Å². The summed E-state index contributed by atoms with van der Waals surface area (Å²) >= 11 is 1.40. The number of aliphatic hydroxyl groups is 1. The number of hydrogen-bond donors (Lipinski definition) is 1. The van der Waals surface area contributed by atoms with Crippen molar-refractivity contribution in [2.24, 2.45) is 0 Å². The third kappa shape index (κ3) is 2.62. The van der Waals surface area contributed by atoms with Gasteiger partial charge >= 0.3 is 0 Å². The Morgan fingerprint density at radius 2 is 1.94 bits per heavy atom. The quantitative estimate of drug-likeness (QED) is 0.900. The van der Waals surface area contributed by atoms with Gasteiger partial charge in [-0.15, -0.1) is 11.3 Å². The second-order valence-electron chi connectivity index (χ2n) is 4.14. The van der Waals surface area contributed by atoms with Gasteiger partial charge < -0.3 is 5.11 Å². The molecule has 1 N–H and O–H groups in total. The summed E-state index contributed by atoms with van der Waals surface area (Å²) in [6.45, 7) is 1.56. The first-order valence-corrected chi connectivity index (χ1v) is 6.32. The van der Waals surface area contributed by atoms with Crippen LogP contribution in [0.3, 0.4) is 0 Å². The van der Waals surface area contributed by atoms with Crippen molar-refractivity contribution in [3.05, 3.63) is 58.3 Å². The van der Waals surface area contributed by atoms with Gasteiger partial charge in [-0.05, 0) is 23.9 Å². The highest BCUT2D eigenvalue weighted by Gasteiger charge is 2.32. The van der Waals surface area contributed by atoms with Crippen molar-refractivity contribution in [2.75, 3.05) is 0 Å². The molecule has 1 aromatic heterocycles. The van der Waals surface area contributed by atoms with Gasteiger partial charge in [-0.2, -0.15) is 0 Å². The predicted octanol–water partition coefficient (Wildman–Crippen LogP) is 2.77. The van der Waals surface area contributed by atoms with E-state index in [1.54, 1.807) is 13.0 Å². The number of thiophene rings is 1. The number of hydrogen-bond acceptors (Lipinski definition) is 3. The zero-order valence-electron chi connectivity index (χ0n) is 9.59. The Morgan fingerprint density at radius 3 is 2.53 bits per heavy atom. The normalized spacial score (nSPS) is 14.2. The van der Waals surface area contributed by atoms with Gasteiger partial charge in [0.05, 0.1) is 0 Å². The second kappa shape index (κ2) is 4.82. The van der Waals surface area contributed by atoms with E-state index in [1.165, 1.54) is 11.3 Å². The Labute approximate surface area is 105 Å². The maximum atomic E-state index is 12.1. The SMILES string of the molecule is CC(O)(C(=O)Cc1ccccc1)c1cccs1. The van der Waals surface area contributed by atoms with Crippen molar-refractivity contribution in [1.29, 1.82) is 0 Å². The molecule has 0 amide bonds. The molecule has 1 aromatic carbocycles. The molecule has 1 heterocycles. The monoisotopic (exact) mass is 246 g/mol. The lowest BCUT2D eigenvalue weighted by Gasteiger charge is -2.20. The lowest BCUT2D eigenvalue weighted by atomic mass is 9.94. The summed E-state index contributed by atoms with van der Waals surface area (Å²) in [6, 6.07) is 13.1. The summed E-state index contributed by atoms with van der Waals surface area (Å²) in [5.74, 6) is -0.175. The van der Waals surface area contributed by atoms with E-state index >= 15 is 0 Å². The molecule has 0 saturated heterocycles. The van der Waals surface area contributed by atoms with Crippen LogP contribution in [0.2, 0.25) is 0 Å². The van der Waals surface area contributed by atoms with Crippen molar-refractivity contribution in [2.45, 2.75) is 18.9 Å². The Kier molecular flexibility index (Phi) is 3.41. The Hall–Kier alpha value is -1.45. The average molecular weight is 246 g/mol. The van der Waals surface area contributed by atoms with Gasteiger partial charge in [0.2, 0.25) is 0 Å². The summed E-state index contributed by atoms with van der Waals surface area (Å²) in [6.07, 6.45) is 0.256. The molecule has 1 atom stereocenters. The molecule has 2 nitrogen and oxygen atoms in total. The molecule has 0 aliphatic heterocycles. The van der Waals surface area contributed by atoms with E-state index < -0.39 is 5.60 Å².